The first-order valence-corrected chi connectivity index (χ1v) is 6.34. The van der Waals surface area contributed by atoms with E-state index < -0.39 is 5.41 Å². The zero-order valence-corrected chi connectivity index (χ0v) is 11.2. The van der Waals surface area contributed by atoms with Crippen molar-refractivity contribution in [2.45, 2.75) is 20.3 Å². The molecule has 0 aliphatic carbocycles. The lowest BCUT2D eigenvalue weighted by molar-refractivity contribution is -0.126. The molecule has 0 bridgehead atoms. The van der Waals surface area contributed by atoms with Crippen LogP contribution in [0.15, 0.2) is 24.3 Å². The third kappa shape index (κ3) is 3.05. The number of hydrogen-bond donors (Lipinski definition) is 2. The molecule has 1 aromatic rings. The van der Waals surface area contributed by atoms with Gasteiger partial charge in [0, 0.05) is 18.7 Å². The molecule has 5 heteroatoms. The highest BCUT2D eigenvalue weighted by molar-refractivity contribution is 5.99. The fourth-order valence-electron chi connectivity index (χ4n) is 2.02. The van der Waals surface area contributed by atoms with Crippen LogP contribution in [0.5, 0.6) is 5.75 Å². The summed E-state index contributed by atoms with van der Waals surface area (Å²) in [5, 5.41) is 5.51. The molecule has 102 valence electrons. The molecular weight excluding hydrogens is 244 g/mol. The molecule has 1 aliphatic rings. The molecule has 2 amide bonds. The molecule has 1 fully saturated rings. The first-order chi connectivity index (χ1) is 9.03. The zero-order valence-electron chi connectivity index (χ0n) is 11.2. The van der Waals surface area contributed by atoms with E-state index >= 15 is 0 Å². The van der Waals surface area contributed by atoms with Crippen molar-refractivity contribution >= 4 is 17.5 Å². The van der Waals surface area contributed by atoms with E-state index in [1.54, 1.807) is 31.2 Å². The topological polar surface area (TPSA) is 67.4 Å². The molecule has 1 atom stereocenters. The van der Waals surface area contributed by atoms with Crippen LogP contribution in [0.4, 0.5) is 5.69 Å². The molecular formula is C14H18N2O3. The minimum Gasteiger partial charge on any atom is -0.494 e. The maximum Gasteiger partial charge on any atom is 0.232 e. The van der Waals surface area contributed by atoms with E-state index in [1.165, 1.54) is 0 Å². The van der Waals surface area contributed by atoms with E-state index in [9.17, 15) is 9.59 Å². The summed E-state index contributed by atoms with van der Waals surface area (Å²) < 4.78 is 5.33. The van der Waals surface area contributed by atoms with Gasteiger partial charge in [-0.1, -0.05) is 0 Å². The summed E-state index contributed by atoms with van der Waals surface area (Å²) in [5.41, 5.74) is 0.0318. The fourth-order valence-corrected chi connectivity index (χ4v) is 2.02. The second-order valence-electron chi connectivity index (χ2n) is 4.93. The van der Waals surface area contributed by atoms with Gasteiger partial charge in [0.05, 0.1) is 12.0 Å². The average Bonchev–Trinajstić information content (AvgIpc) is 2.73. The quantitative estimate of drug-likeness (QED) is 0.865. The number of benzene rings is 1. The monoisotopic (exact) mass is 262 g/mol. The summed E-state index contributed by atoms with van der Waals surface area (Å²) >= 11 is 0. The predicted octanol–water partition coefficient (Wildman–Crippen LogP) is 1.55. The first-order valence-electron chi connectivity index (χ1n) is 6.34. The van der Waals surface area contributed by atoms with Gasteiger partial charge < -0.3 is 15.4 Å². The van der Waals surface area contributed by atoms with E-state index in [4.69, 9.17) is 4.74 Å². The SMILES string of the molecule is CCOc1ccc(NC(=O)C2(C)CNC(=O)C2)cc1. The predicted molar refractivity (Wildman–Crippen MR) is 72.0 cm³/mol. The third-order valence-electron chi connectivity index (χ3n) is 3.20. The van der Waals surface area contributed by atoms with E-state index in [-0.39, 0.29) is 18.2 Å². The summed E-state index contributed by atoms with van der Waals surface area (Å²) in [4.78, 5) is 23.4. The lowest BCUT2D eigenvalue weighted by Gasteiger charge is -2.20. The highest BCUT2D eigenvalue weighted by Gasteiger charge is 2.40. The lowest BCUT2D eigenvalue weighted by atomic mass is 9.88. The lowest BCUT2D eigenvalue weighted by Crippen LogP contribution is -2.35. The van der Waals surface area contributed by atoms with Gasteiger partial charge in [0.15, 0.2) is 0 Å². The largest absolute Gasteiger partial charge is 0.494 e. The van der Waals surface area contributed by atoms with E-state index in [2.05, 4.69) is 10.6 Å². The molecule has 0 radical (unpaired) electrons. The second-order valence-corrected chi connectivity index (χ2v) is 4.93. The van der Waals surface area contributed by atoms with Crippen molar-refractivity contribution in [1.82, 2.24) is 5.32 Å². The number of anilines is 1. The Balaban J connectivity index is 2.00. The van der Waals surface area contributed by atoms with Gasteiger partial charge in [-0.15, -0.1) is 0 Å². The van der Waals surface area contributed by atoms with E-state index in [1.807, 2.05) is 6.92 Å². The highest BCUT2D eigenvalue weighted by atomic mass is 16.5. The molecule has 2 rings (SSSR count). The normalized spacial score (nSPS) is 21.9. The molecule has 5 nitrogen and oxygen atoms in total. The number of carbonyl (C=O) groups excluding carboxylic acids is 2. The molecule has 19 heavy (non-hydrogen) atoms. The van der Waals surface area contributed by atoms with Gasteiger partial charge >= 0.3 is 0 Å². The Labute approximate surface area is 112 Å². The number of hydrogen-bond acceptors (Lipinski definition) is 3. The van der Waals surface area contributed by atoms with Crippen LogP contribution in [-0.2, 0) is 9.59 Å². The number of nitrogens with one attached hydrogen (secondary N) is 2. The van der Waals surface area contributed by atoms with Crippen LogP contribution in [-0.4, -0.2) is 25.0 Å². The second kappa shape index (κ2) is 5.30. The molecule has 0 spiro atoms. The van der Waals surface area contributed by atoms with Gasteiger partial charge in [0.2, 0.25) is 11.8 Å². The van der Waals surface area contributed by atoms with Crippen LogP contribution in [0.25, 0.3) is 0 Å². The molecule has 1 unspecified atom stereocenters. The highest BCUT2D eigenvalue weighted by Crippen LogP contribution is 2.27. The maximum absolute atomic E-state index is 12.2. The van der Waals surface area contributed by atoms with Gasteiger partial charge in [0.25, 0.3) is 0 Å². The van der Waals surface area contributed by atoms with Gasteiger partial charge in [-0.2, -0.15) is 0 Å². The minimum atomic E-state index is -0.671. The Hall–Kier alpha value is -2.04. The van der Waals surface area contributed by atoms with Crippen LogP contribution in [0.3, 0.4) is 0 Å². The van der Waals surface area contributed by atoms with Crippen LogP contribution in [0.1, 0.15) is 20.3 Å². The standard InChI is InChI=1S/C14H18N2O3/c1-3-19-11-6-4-10(5-7-11)16-13(18)14(2)8-12(17)15-9-14/h4-7H,3,8-9H2,1-2H3,(H,15,17)(H,16,18). The van der Waals surface area contributed by atoms with Crippen molar-refractivity contribution < 1.29 is 14.3 Å². The van der Waals surface area contributed by atoms with Crippen molar-refractivity contribution in [2.75, 3.05) is 18.5 Å². The summed E-state index contributed by atoms with van der Waals surface area (Å²) in [6.45, 7) is 4.70. The summed E-state index contributed by atoms with van der Waals surface area (Å²) in [7, 11) is 0. The Morgan fingerprint density at radius 1 is 1.42 bits per heavy atom. The summed E-state index contributed by atoms with van der Waals surface area (Å²) in [5.74, 6) is 0.545. The zero-order chi connectivity index (χ0) is 13.9. The molecule has 2 N–H and O–H groups in total. The Kier molecular flexibility index (Phi) is 3.74. The number of amides is 2. The molecule has 0 aromatic heterocycles. The maximum atomic E-state index is 12.2. The number of carbonyl (C=O) groups is 2. The summed E-state index contributed by atoms with van der Waals surface area (Å²) in [6.07, 6.45) is 0.232. The summed E-state index contributed by atoms with van der Waals surface area (Å²) in [6, 6.07) is 7.19. The van der Waals surface area contributed by atoms with E-state index in [0.29, 0.717) is 18.8 Å². The molecule has 0 saturated carbocycles. The van der Waals surface area contributed by atoms with Gasteiger partial charge in [-0.3, -0.25) is 9.59 Å². The van der Waals surface area contributed by atoms with Crippen LogP contribution in [0, 0.1) is 5.41 Å². The van der Waals surface area contributed by atoms with Crippen molar-refractivity contribution in [3.8, 4) is 5.75 Å². The molecule has 1 heterocycles. The van der Waals surface area contributed by atoms with Crippen molar-refractivity contribution in [3.63, 3.8) is 0 Å². The Bertz CT molecular complexity index is 484. The Morgan fingerprint density at radius 2 is 2.11 bits per heavy atom. The molecule has 1 aliphatic heterocycles. The van der Waals surface area contributed by atoms with Gasteiger partial charge in [-0.25, -0.2) is 0 Å². The van der Waals surface area contributed by atoms with Crippen LogP contribution in [0.2, 0.25) is 0 Å². The Morgan fingerprint density at radius 3 is 2.63 bits per heavy atom. The minimum absolute atomic E-state index is 0.0793. The van der Waals surface area contributed by atoms with Gasteiger partial charge in [-0.05, 0) is 38.1 Å². The number of rotatable bonds is 4. The first kappa shape index (κ1) is 13.4. The average molecular weight is 262 g/mol. The smallest absolute Gasteiger partial charge is 0.232 e. The molecule has 1 saturated heterocycles. The molecule has 1 aromatic carbocycles. The van der Waals surface area contributed by atoms with Crippen LogP contribution >= 0.6 is 0 Å². The van der Waals surface area contributed by atoms with Crippen molar-refractivity contribution in [1.29, 1.82) is 0 Å². The van der Waals surface area contributed by atoms with Gasteiger partial charge in [0.1, 0.15) is 5.75 Å². The van der Waals surface area contributed by atoms with E-state index in [0.717, 1.165) is 5.75 Å². The van der Waals surface area contributed by atoms with Crippen LogP contribution < -0.4 is 15.4 Å². The third-order valence-corrected chi connectivity index (χ3v) is 3.20. The van der Waals surface area contributed by atoms with Crippen molar-refractivity contribution in [2.24, 2.45) is 5.41 Å². The van der Waals surface area contributed by atoms with Crippen molar-refractivity contribution in [3.05, 3.63) is 24.3 Å². The number of ether oxygens (including phenoxy) is 1. The fraction of sp³-hybridized carbons (Fsp3) is 0.429.